The molecule has 0 atom stereocenters. The van der Waals surface area contributed by atoms with Crippen molar-refractivity contribution in [1.82, 2.24) is 14.1 Å². The van der Waals surface area contributed by atoms with Crippen molar-refractivity contribution >= 4 is 74.5 Å². The van der Waals surface area contributed by atoms with E-state index in [9.17, 15) is 0 Å². The molecule has 4 aliphatic rings. The van der Waals surface area contributed by atoms with Gasteiger partial charge in [0.25, 0.3) is 13.0 Å². The van der Waals surface area contributed by atoms with Gasteiger partial charge in [-0.1, -0.05) is 73.8 Å². The minimum absolute atomic E-state index is 0.0815. The number of rotatable bonds is 4. The summed E-state index contributed by atoms with van der Waals surface area (Å²) < 4.78 is 33.5. The van der Waals surface area contributed by atoms with Gasteiger partial charge in [0.2, 0.25) is 0 Å². The zero-order chi connectivity index (χ0) is 39.4. The monoisotopic (exact) mass is 790 g/mol. The van der Waals surface area contributed by atoms with Crippen LogP contribution in [0.1, 0.15) is 0 Å². The van der Waals surface area contributed by atoms with Gasteiger partial charge in [0.05, 0.1) is 39.0 Å². The average molecular weight is 791 g/mol. The number of fused-ring (bicyclic) bond motifs is 6. The summed E-state index contributed by atoms with van der Waals surface area (Å²) in [6, 6.07) is 50.2. The summed E-state index contributed by atoms with van der Waals surface area (Å²) in [5.74, 6) is 6.22. The second-order valence-corrected chi connectivity index (χ2v) is 20.8. The standard InChI is InChI=1S/C50H31BN4O4Si/c1-60(2)42-23-22-32(26-35(42)54-28-53(29-11-4-3-5-12-29)34-16-7-21-43(60)48(34)54)56-31-14-6-13-30(25-31)55-36-27-41-47-49(44(36)33-15-10-24-52-50(33)55)59-40-20-9-18-38-46(40)51(47)45-37(57-38)17-8-19-39(45)58-41/h3-27H,1-2H3. The number of ether oxygens (including phenoxy) is 4. The molecule has 10 heteroatoms. The Morgan fingerprint density at radius 3 is 2.20 bits per heavy atom. The molecule has 8 nitrogen and oxygen atoms in total. The van der Waals surface area contributed by atoms with Crippen LogP contribution >= 0.6 is 0 Å². The van der Waals surface area contributed by atoms with Crippen LogP contribution in [0.15, 0.2) is 152 Å². The molecule has 3 aromatic heterocycles. The van der Waals surface area contributed by atoms with Crippen molar-refractivity contribution in [3.8, 4) is 63.1 Å². The molecule has 0 fully saturated rings. The molecule has 14 rings (SSSR count). The largest absolute Gasteiger partial charge is 0.458 e. The number of benzene rings is 7. The van der Waals surface area contributed by atoms with E-state index < -0.39 is 8.07 Å². The Kier molecular flexibility index (Phi) is 6.12. The third-order valence-corrected chi connectivity index (χ3v) is 16.4. The van der Waals surface area contributed by atoms with Crippen molar-refractivity contribution in [1.29, 1.82) is 0 Å². The summed E-state index contributed by atoms with van der Waals surface area (Å²) in [5.41, 5.74) is 10.3. The Morgan fingerprint density at radius 2 is 1.38 bits per heavy atom. The van der Waals surface area contributed by atoms with E-state index in [1.807, 2.05) is 66.9 Å². The highest BCUT2D eigenvalue weighted by Gasteiger charge is 2.47. The second kappa shape index (κ2) is 11.3. The molecule has 10 aromatic rings. The normalized spacial score (nSPS) is 14.3. The van der Waals surface area contributed by atoms with Crippen molar-refractivity contribution in [3.63, 3.8) is 0 Å². The van der Waals surface area contributed by atoms with E-state index in [1.54, 1.807) is 0 Å². The fourth-order valence-electron chi connectivity index (χ4n) is 10.3. The van der Waals surface area contributed by atoms with E-state index in [2.05, 4.69) is 118 Å². The lowest BCUT2D eigenvalue weighted by Gasteiger charge is -2.37. The van der Waals surface area contributed by atoms with Gasteiger partial charge in [0.15, 0.2) is 0 Å². The van der Waals surface area contributed by atoms with Crippen molar-refractivity contribution in [2.75, 3.05) is 0 Å². The number of hydrogen-bond acceptors (Lipinski definition) is 5. The number of hydrogen-bond donors (Lipinski definition) is 0. The van der Waals surface area contributed by atoms with Crippen molar-refractivity contribution < 1.29 is 23.5 Å². The van der Waals surface area contributed by atoms with Gasteiger partial charge >= 0.3 is 0 Å². The van der Waals surface area contributed by atoms with E-state index in [0.29, 0.717) is 5.75 Å². The third-order valence-electron chi connectivity index (χ3n) is 12.9. The first kappa shape index (κ1) is 32.4. The first-order valence-electron chi connectivity index (χ1n) is 20.2. The fraction of sp³-hybridized carbons (Fsp3) is 0.0400. The summed E-state index contributed by atoms with van der Waals surface area (Å²) >= 11 is 0. The van der Waals surface area contributed by atoms with Gasteiger partial charge in [-0.25, -0.2) is 4.98 Å². The van der Waals surface area contributed by atoms with Gasteiger partial charge in [-0.2, -0.15) is 0 Å². The molecule has 0 radical (unpaired) electrons. The number of para-hydroxylation sites is 2. The lowest BCUT2D eigenvalue weighted by Crippen LogP contribution is -2.59. The summed E-state index contributed by atoms with van der Waals surface area (Å²) in [6.45, 7) is 4.79. The van der Waals surface area contributed by atoms with Gasteiger partial charge in [0, 0.05) is 40.1 Å². The van der Waals surface area contributed by atoms with Gasteiger partial charge in [0.1, 0.15) is 59.7 Å². The van der Waals surface area contributed by atoms with Gasteiger partial charge in [-0.05, 0) is 83.2 Å². The van der Waals surface area contributed by atoms with Gasteiger partial charge < -0.3 is 18.9 Å². The fourth-order valence-corrected chi connectivity index (χ4v) is 13.3. The predicted molar refractivity (Wildman–Crippen MR) is 237 cm³/mol. The van der Waals surface area contributed by atoms with Crippen LogP contribution in [-0.2, 0) is 0 Å². The molecule has 282 valence electrons. The molecule has 0 N–H and O–H groups in total. The van der Waals surface area contributed by atoms with Crippen molar-refractivity contribution in [2.45, 2.75) is 13.1 Å². The molecule has 0 saturated carbocycles. The summed E-state index contributed by atoms with van der Waals surface area (Å²) in [5, 5.41) is 4.73. The van der Waals surface area contributed by atoms with Crippen LogP contribution in [-0.4, -0.2) is 28.9 Å². The quantitative estimate of drug-likeness (QED) is 0.103. The van der Waals surface area contributed by atoms with Crippen molar-refractivity contribution in [2.24, 2.45) is 0 Å². The first-order chi connectivity index (χ1) is 29.5. The Bertz CT molecular complexity index is 3540. The maximum Gasteiger partial charge on any atom is 0.270 e. The van der Waals surface area contributed by atoms with Crippen LogP contribution < -0.4 is 50.3 Å². The smallest absolute Gasteiger partial charge is 0.270 e. The topological polar surface area (TPSA) is 63.6 Å². The SMILES string of the molecule is C[Si]1(C)c2ccc(Oc3cccc(-n4c5cc6c7c(c5c5cccnc54)Oc4cccc5c4B7c4c(cccc4O6)O5)c3)cc2-n2[c-][n+](-c3ccccc3)c3cccc1c32. The molecule has 4 aliphatic heterocycles. The van der Waals surface area contributed by atoms with Gasteiger partial charge in [-0.3, -0.25) is 13.7 Å². The lowest BCUT2D eigenvalue weighted by molar-refractivity contribution is -0.572. The molecule has 60 heavy (non-hydrogen) atoms. The van der Waals surface area contributed by atoms with Crippen LogP contribution in [0.25, 0.3) is 50.0 Å². The summed E-state index contributed by atoms with van der Waals surface area (Å²) in [7, 11) is -2.07. The number of nitrogens with zero attached hydrogens (tertiary/aromatic N) is 4. The first-order valence-corrected chi connectivity index (χ1v) is 23.2. The molecule has 0 saturated heterocycles. The highest BCUT2D eigenvalue weighted by atomic mass is 28.3. The predicted octanol–water partition coefficient (Wildman–Crippen LogP) is 7.96. The Balaban J connectivity index is 0.914. The van der Waals surface area contributed by atoms with E-state index in [4.69, 9.17) is 23.9 Å². The minimum atomic E-state index is -2.07. The van der Waals surface area contributed by atoms with Crippen LogP contribution in [0.3, 0.4) is 0 Å². The molecule has 0 aliphatic carbocycles. The second-order valence-electron chi connectivity index (χ2n) is 16.5. The van der Waals surface area contributed by atoms with E-state index in [1.165, 1.54) is 15.9 Å². The van der Waals surface area contributed by atoms with Crippen LogP contribution in [0.4, 0.5) is 0 Å². The zero-order valence-corrected chi connectivity index (χ0v) is 33.4. The number of aromatic nitrogens is 4. The third kappa shape index (κ3) is 4.15. The van der Waals surface area contributed by atoms with Crippen LogP contribution in [0.2, 0.25) is 13.1 Å². The minimum Gasteiger partial charge on any atom is -0.458 e. The molecule has 0 amide bonds. The van der Waals surface area contributed by atoms with Crippen molar-refractivity contribution in [3.05, 3.63) is 158 Å². The lowest BCUT2D eigenvalue weighted by atomic mass is 9.34. The average Bonchev–Trinajstić information content (AvgIpc) is 3.83. The molecule has 7 heterocycles. The Hall–Kier alpha value is -7.56. The molecule has 0 unspecified atom stereocenters. The van der Waals surface area contributed by atoms with Crippen LogP contribution in [0.5, 0.6) is 46.0 Å². The number of pyridine rings is 1. The summed E-state index contributed by atoms with van der Waals surface area (Å²) in [6.07, 6.45) is 5.56. The summed E-state index contributed by atoms with van der Waals surface area (Å²) in [4.78, 5) is 4.98. The zero-order valence-electron chi connectivity index (χ0n) is 32.4. The maximum absolute atomic E-state index is 6.92. The maximum atomic E-state index is 6.92. The van der Waals surface area contributed by atoms with E-state index >= 15 is 0 Å². The van der Waals surface area contributed by atoms with E-state index in [-0.39, 0.29) is 6.71 Å². The highest BCUT2D eigenvalue weighted by Crippen LogP contribution is 2.47. The molecule has 0 bridgehead atoms. The molecular weight excluding hydrogens is 759 g/mol. The molecular formula is C50H31BN4O4Si. The number of imidazole rings is 1. The molecule has 7 aromatic carbocycles. The van der Waals surface area contributed by atoms with Gasteiger partial charge in [-0.15, -0.1) is 0 Å². The van der Waals surface area contributed by atoms with Crippen LogP contribution in [0, 0.1) is 6.33 Å². The Labute approximate surface area is 345 Å². The highest BCUT2D eigenvalue weighted by molar-refractivity contribution is 7.02. The Morgan fingerprint density at radius 1 is 0.650 bits per heavy atom. The van der Waals surface area contributed by atoms with E-state index in [0.717, 1.165) is 101 Å². The molecule has 0 spiro atoms.